The zero-order valence-corrected chi connectivity index (χ0v) is 17.5. The van der Waals surface area contributed by atoms with Crippen LogP contribution in [0.1, 0.15) is 45.5 Å². The highest BCUT2D eigenvalue weighted by Gasteiger charge is 2.34. The maximum Gasteiger partial charge on any atom is 0.166 e. The molecular formula is C21H26ClN5O. The molecule has 0 saturated carbocycles. The summed E-state index contributed by atoms with van der Waals surface area (Å²) in [5, 5.41) is 11.2. The monoisotopic (exact) mass is 399 g/mol. The number of imidazole rings is 1. The zero-order valence-electron chi connectivity index (χ0n) is 16.8. The Labute approximate surface area is 170 Å². The highest BCUT2D eigenvalue weighted by molar-refractivity contribution is 6.30. The average Bonchev–Trinajstić information content (AvgIpc) is 3.18. The van der Waals surface area contributed by atoms with E-state index in [-0.39, 0.29) is 5.41 Å². The van der Waals surface area contributed by atoms with Crippen molar-refractivity contribution in [2.45, 2.75) is 51.7 Å². The van der Waals surface area contributed by atoms with Gasteiger partial charge in [0.05, 0.1) is 18.5 Å². The molecule has 2 aromatic heterocycles. The fourth-order valence-corrected chi connectivity index (χ4v) is 3.64. The van der Waals surface area contributed by atoms with Crippen LogP contribution >= 0.6 is 11.6 Å². The Morgan fingerprint density at radius 2 is 1.89 bits per heavy atom. The number of rotatable bonds is 3. The molecule has 1 aliphatic heterocycles. The van der Waals surface area contributed by atoms with Gasteiger partial charge in [-0.05, 0) is 31.0 Å². The summed E-state index contributed by atoms with van der Waals surface area (Å²) in [7, 11) is 0. The number of β-amino-alcohol motifs (C(OH)–C–C–N with tert-alkyl or cyclic N) is 1. The van der Waals surface area contributed by atoms with E-state index >= 15 is 0 Å². The summed E-state index contributed by atoms with van der Waals surface area (Å²) in [4.78, 5) is 16.5. The van der Waals surface area contributed by atoms with Gasteiger partial charge >= 0.3 is 0 Å². The Bertz CT molecular complexity index is 1000. The minimum atomic E-state index is -0.703. The number of fused-ring (bicyclic) bond motifs is 1. The Morgan fingerprint density at radius 3 is 2.50 bits per heavy atom. The first-order valence-electron chi connectivity index (χ1n) is 9.57. The van der Waals surface area contributed by atoms with Crippen LogP contribution in [-0.4, -0.2) is 43.3 Å². The van der Waals surface area contributed by atoms with Gasteiger partial charge in [-0.2, -0.15) is 0 Å². The third-order valence-electron chi connectivity index (χ3n) is 5.13. The van der Waals surface area contributed by atoms with E-state index in [4.69, 9.17) is 21.6 Å². The number of halogens is 1. The van der Waals surface area contributed by atoms with Crippen molar-refractivity contribution in [3.05, 3.63) is 47.0 Å². The molecule has 1 aromatic carbocycles. The third kappa shape index (κ3) is 3.71. The predicted molar refractivity (Wildman–Crippen MR) is 112 cm³/mol. The number of aliphatic hydroxyl groups is 1. The van der Waals surface area contributed by atoms with Gasteiger partial charge in [0.2, 0.25) is 0 Å². The third-order valence-corrected chi connectivity index (χ3v) is 5.39. The summed E-state index contributed by atoms with van der Waals surface area (Å²) in [6.45, 7) is 10.2. The first-order valence-corrected chi connectivity index (χ1v) is 9.95. The van der Waals surface area contributed by atoms with Crippen molar-refractivity contribution >= 4 is 28.6 Å². The van der Waals surface area contributed by atoms with Gasteiger partial charge in [-0.3, -0.25) is 0 Å². The molecule has 0 spiro atoms. The summed E-state index contributed by atoms with van der Waals surface area (Å²) >= 11 is 6.01. The summed E-state index contributed by atoms with van der Waals surface area (Å²) in [5.41, 5.74) is 1.83. The summed E-state index contributed by atoms with van der Waals surface area (Å²) in [5.74, 6) is 1.59. The molecule has 1 aliphatic rings. The Kier molecular flexibility index (Phi) is 4.59. The second-order valence-corrected chi connectivity index (χ2v) is 9.40. The summed E-state index contributed by atoms with van der Waals surface area (Å²) in [6.07, 6.45) is 2.53. The molecule has 0 aliphatic carbocycles. The highest BCUT2D eigenvalue weighted by Crippen LogP contribution is 2.32. The van der Waals surface area contributed by atoms with Gasteiger partial charge in [0.25, 0.3) is 0 Å². The van der Waals surface area contributed by atoms with E-state index in [1.807, 2.05) is 42.1 Å². The van der Waals surface area contributed by atoms with Crippen molar-refractivity contribution in [1.29, 1.82) is 0 Å². The van der Waals surface area contributed by atoms with Crippen molar-refractivity contribution in [1.82, 2.24) is 19.5 Å². The SMILES string of the molecule is CC1(O)CCN(c2nc(C(C)(C)C)nc3c2ncn3Cc2ccc(Cl)cc2)C1. The van der Waals surface area contributed by atoms with Crippen LogP contribution in [0.4, 0.5) is 5.82 Å². The fraction of sp³-hybridized carbons (Fsp3) is 0.476. The normalized spacial score (nSPS) is 20.3. The molecule has 6 nitrogen and oxygen atoms in total. The van der Waals surface area contributed by atoms with E-state index in [9.17, 15) is 5.11 Å². The van der Waals surface area contributed by atoms with Gasteiger partial charge in [0.15, 0.2) is 17.0 Å². The molecule has 4 rings (SSSR count). The van der Waals surface area contributed by atoms with Crippen LogP contribution in [0, 0.1) is 0 Å². The van der Waals surface area contributed by atoms with Crippen LogP contribution in [0.15, 0.2) is 30.6 Å². The lowest BCUT2D eigenvalue weighted by atomic mass is 9.96. The lowest BCUT2D eigenvalue weighted by Gasteiger charge is -2.23. The molecule has 1 fully saturated rings. The Hall–Kier alpha value is -2.18. The van der Waals surface area contributed by atoms with E-state index in [0.717, 1.165) is 46.4 Å². The average molecular weight is 400 g/mol. The van der Waals surface area contributed by atoms with Crippen molar-refractivity contribution in [2.75, 3.05) is 18.0 Å². The molecule has 0 amide bonds. The van der Waals surface area contributed by atoms with E-state index in [1.54, 1.807) is 0 Å². The molecule has 1 saturated heterocycles. The van der Waals surface area contributed by atoms with Crippen LogP contribution in [0.5, 0.6) is 0 Å². The lowest BCUT2D eigenvalue weighted by Crippen LogP contribution is -2.31. The topological polar surface area (TPSA) is 67.1 Å². The molecule has 3 aromatic rings. The molecule has 1 unspecified atom stereocenters. The van der Waals surface area contributed by atoms with Crippen molar-refractivity contribution < 1.29 is 5.11 Å². The molecule has 7 heteroatoms. The van der Waals surface area contributed by atoms with E-state index in [0.29, 0.717) is 13.1 Å². The minimum absolute atomic E-state index is 0.194. The Balaban J connectivity index is 1.81. The number of hydrogen-bond donors (Lipinski definition) is 1. The predicted octanol–water partition coefficient (Wildman–Crippen LogP) is 3.79. The molecule has 0 radical (unpaired) electrons. The molecule has 28 heavy (non-hydrogen) atoms. The van der Waals surface area contributed by atoms with Gasteiger partial charge in [0.1, 0.15) is 5.82 Å². The van der Waals surface area contributed by atoms with Crippen molar-refractivity contribution in [3.63, 3.8) is 0 Å². The maximum atomic E-state index is 10.4. The summed E-state index contributed by atoms with van der Waals surface area (Å²) in [6, 6.07) is 7.81. The Morgan fingerprint density at radius 1 is 1.18 bits per heavy atom. The largest absolute Gasteiger partial charge is 0.388 e. The number of benzene rings is 1. The van der Waals surface area contributed by atoms with Gasteiger partial charge in [-0.1, -0.05) is 44.5 Å². The smallest absolute Gasteiger partial charge is 0.166 e. The second kappa shape index (κ2) is 6.71. The van der Waals surface area contributed by atoms with E-state index in [1.165, 1.54) is 0 Å². The minimum Gasteiger partial charge on any atom is -0.388 e. The molecule has 1 atom stereocenters. The number of nitrogens with zero attached hydrogens (tertiary/aromatic N) is 5. The van der Waals surface area contributed by atoms with Crippen LogP contribution in [0.2, 0.25) is 5.02 Å². The van der Waals surface area contributed by atoms with Crippen molar-refractivity contribution in [2.24, 2.45) is 0 Å². The van der Waals surface area contributed by atoms with Gasteiger partial charge in [-0.25, -0.2) is 15.0 Å². The van der Waals surface area contributed by atoms with Crippen molar-refractivity contribution in [3.8, 4) is 0 Å². The van der Waals surface area contributed by atoms with Gasteiger partial charge in [-0.15, -0.1) is 0 Å². The van der Waals surface area contributed by atoms with Crippen LogP contribution in [0.3, 0.4) is 0 Å². The maximum absolute atomic E-state index is 10.4. The van der Waals surface area contributed by atoms with Gasteiger partial charge in [0, 0.05) is 23.5 Å². The van der Waals surface area contributed by atoms with Gasteiger partial charge < -0.3 is 14.6 Å². The molecule has 148 valence electrons. The number of aromatic nitrogens is 4. The first kappa shape index (κ1) is 19.2. The number of hydrogen-bond acceptors (Lipinski definition) is 5. The lowest BCUT2D eigenvalue weighted by molar-refractivity contribution is 0.0839. The molecule has 1 N–H and O–H groups in total. The molecular weight excluding hydrogens is 374 g/mol. The van der Waals surface area contributed by atoms with E-state index < -0.39 is 5.60 Å². The second-order valence-electron chi connectivity index (χ2n) is 8.96. The molecule has 3 heterocycles. The zero-order chi connectivity index (χ0) is 20.1. The quantitative estimate of drug-likeness (QED) is 0.725. The highest BCUT2D eigenvalue weighted by atomic mass is 35.5. The van der Waals surface area contributed by atoms with Crippen LogP contribution < -0.4 is 4.90 Å². The fourth-order valence-electron chi connectivity index (χ4n) is 3.51. The van der Waals surface area contributed by atoms with E-state index in [2.05, 4.69) is 30.7 Å². The van der Waals surface area contributed by atoms with Crippen LogP contribution in [0.25, 0.3) is 11.2 Å². The first-order chi connectivity index (χ1) is 13.1. The summed E-state index contributed by atoms with van der Waals surface area (Å²) < 4.78 is 2.05. The van der Waals surface area contributed by atoms with Crippen LogP contribution in [-0.2, 0) is 12.0 Å². The standard InChI is InChI=1S/C21H26ClN5O/c1-20(2,3)19-24-17(26-10-9-21(4,28)12-26)16-18(25-19)27(13-23-16)11-14-5-7-15(22)8-6-14/h5-8,13,28H,9-12H2,1-4H3. The number of anilines is 1. The molecule has 0 bridgehead atoms.